The number of nitrogens with one attached hydrogen (secondary N) is 2. The van der Waals surface area contributed by atoms with Crippen LogP contribution in [0.25, 0.3) is 5.57 Å². The molecule has 1 aliphatic heterocycles. The van der Waals surface area contributed by atoms with Crippen molar-refractivity contribution in [3.63, 3.8) is 0 Å². The lowest BCUT2D eigenvalue weighted by molar-refractivity contribution is -0.137. The van der Waals surface area contributed by atoms with E-state index in [0.29, 0.717) is 16.9 Å². The zero-order chi connectivity index (χ0) is 23.5. The van der Waals surface area contributed by atoms with Crippen LogP contribution in [0.4, 0.5) is 20.2 Å². The molecule has 3 aromatic carbocycles. The van der Waals surface area contributed by atoms with E-state index in [9.17, 15) is 23.2 Å². The Morgan fingerprint density at radius 2 is 1.48 bits per heavy atom. The van der Waals surface area contributed by atoms with Gasteiger partial charge in [-0.25, -0.2) is 8.78 Å². The van der Waals surface area contributed by atoms with Crippen LogP contribution >= 0.6 is 0 Å². The number of hydrogen-bond donors (Lipinski definition) is 2. The first-order valence-corrected chi connectivity index (χ1v) is 10.1. The molecule has 0 aliphatic carbocycles. The molecule has 0 radical (unpaired) electrons. The SMILES string of the molecule is CC(=O)Nc1ccc(NC2=C(c3ccc(F)cc3)C(=O)N(Cc3ccccc3F)C2=O)cc1. The number of imide groups is 1. The van der Waals surface area contributed by atoms with Crippen molar-refractivity contribution in [3.8, 4) is 0 Å². The van der Waals surface area contributed by atoms with Gasteiger partial charge >= 0.3 is 0 Å². The molecule has 3 aromatic rings. The van der Waals surface area contributed by atoms with Crippen LogP contribution in [0.5, 0.6) is 0 Å². The molecule has 0 fully saturated rings. The van der Waals surface area contributed by atoms with Crippen LogP contribution in [0.1, 0.15) is 18.1 Å². The summed E-state index contributed by atoms with van der Waals surface area (Å²) in [4.78, 5) is 38.6. The molecule has 3 amide bonds. The fourth-order valence-corrected chi connectivity index (χ4v) is 3.50. The van der Waals surface area contributed by atoms with Gasteiger partial charge in [-0.15, -0.1) is 0 Å². The molecule has 0 atom stereocenters. The Morgan fingerprint density at radius 3 is 2.12 bits per heavy atom. The molecule has 0 aromatic heterocycles. The second kappa shape index (κ2) is 9.04. The molecule has 0 spiro atoms. The Kier molecular flexibility index (Phi) is 5.99. The minimum absolute atomic E-state index is 0.00442. The van der Waals surface area contributed by atoms with E-state index in [1.54, 1.807) is 30.3 Å². The zero-order valence-corrected chi connectivity index (χ0v) is 17.6. The average Bonchev–Trinajstić information content (AvgIpc) is 3.01. The third kappa shape index (κ3) is 4.64. The number of halogens is 2. The van der Waals surface area contributed by atoms with Crippen molar-refractivity contribution in [2.45, 2.75) is 13.5 Å². The minimum atomic E-state index is -0.631. The van der Waals surface area contributed by atoms with Crippen molar-refractivity contribution in [1.29, 1.82) is 0 Å². The van der Waals surface area contributed by atoms with E-state index in [-0.39, 0.29) is 29.3 Å². The van der Waals surface area contributed by atoms with Crippen LogP contribution in [-0.2, 0) is 20.9 Å². The van der Waals surface area contributed by atoms with Gasteiger partial charge in [-0.05, 0) is 48.0 Å². The first kappa shape index (κ1) is 21.9. The predicted octanol–water partition coefficient (Wildman–Crippen LogP) is 4.32. The van der Waals surface area contributed by atoms with Crippen molar-refractivity contribution in [2.75, 3.05) is 10.6 Å². The standard InChI is InChI=1S/C25H19F2N3O3/c1-15(31)28-19-10-12-20(13-11-19)29-23-22(16-6-8-18(26)9-7-16)24(32)30(25(23)33)14-17-4-2-3-5-21(17)27/h2-13,29H,14H2,1H3,(H,28,31). The molecule has 33 heavy (non-hydrogen) atoms. The Morgan fingerprint density at radius 1 is 0.848 bits per heavy atom. The van der Waals surface area contributed by atoms with E-state index in [2.05, 4.69) is 10.6 Å². The van der Waals surface area contributed by atoms with Crippen LogP contribution < -0.4 is 10.6 Å². The molecule has 6 nitrogen and oxygen atoms in total. The monoisotopic (exact) mass is 447 g/mol. The summed E-state index contributed by atoms with van der Waals surface area (Å²) in [6.07, 6.45) is 0. The summed E-state index contributed by atoms with van der Waals surface area (Å²) in [5.74, 6) is -2.49. The summed E-state index contributed by atoms with van der Waals surface area (Å²) in [5, 5.41) is 5.60. The summed E-state index contributed by atoms with van der Waals surface area (Å²) in [6.45, 7) is 1.14. The van der Waals surface area contributed by atoms with E-state index in [0.717, 1.165) is 4.90 Å². The van der Waals surface area contributed by atoms with Gasteiger partial charge in [0.25, 0.3) is 11.8 Å². The van der Waals surface area contributed by atoms with Crippen LogP contribution in [0.2, 0.25) is 0 Å². The first-order chi connectivity index (χ1) is 15.8. The summed E-state index contributed by atoms with van der Waals surface area (Å²) in [5.41, 5.74) is 1.66. The molecule has 0 bridgehead atoms. The number of anilines is 2. The fourth-order valence-electron chi connectivity index (χ4n) is 3.50. The number of carbonyl (C=O) groups is 3. The Labute approximate surface area is 188 Å². The maximum atomic E-state index is 14.2. The average molecular weight is 447 g/mol. The van der Waals surface area contributed by atoms with Gasteiger partial charge < -0.3 is 10.6 Å². The maximum absolute atomic E-state index is 14.2. The van der Waals surface area contributed by atoms with Crippen LogP contribution in [0.3, 0.4) is 0 Å². The summed E-state index contributed by atoms with van der Waals surface area (Å²) < 4.78 is 27.6. The van der Waals surface area contributed by atoms with Crippen molar-refractivity contribution in [3.05, 3.63) is 101 Å². The topological polar surface area (TPSA) is 78.5 Å². The van der Waals surface area contributed by atoms with Crippen molar-refractivity contribution in [2.24, 2.45) is 0 Å². The highest BCUT2D eigenvalue weighted by atomic mass is 19.1. The highest BCUT2D eigenvalue weighted by Gasteiger charge is 2.39. The molecule has 8 heteroatoms. The number of benzene rings is 3. The second-order valence-electron chi connectivity index (χ2n) is 7.43. The maximum Gasteiger partial charge on any atom is 0.278 e. The van der Waals surface area contributed by atoms with Crippen LogP contribution in [-0.4, -0.2) is 22.6 Å². The molecule has 0 saturated heterocycles. The quantitative estimate of drug-likeness (QED) is 0.552. The van der Waals surface area contributed by atoms with Crippen LogP contribution in [0, 0.1) is 11.6 Å². The van der Waals surface area contributed by atoms with E-state index in [1.165, 1.54) is 49.4 Å². The Bertz CT molecular complexity index is 1270. The van der Waals surface area contributed by atoms with E-state index in [4.69, 9.17) is 0 Å². The highest BCUT2D eigenvalue weighted by Crippen LogP contribution is 2.32. The normalized spacial score (nSPS) is 13.5. The van der Waals surface area contributed by atoms with Crippen LogP contribution in [0.15, 0.2) is 78.5 Å². The number of nitrogens with zero attached hydrogens (tertiary/aromatic N) is 1. The largest absolute Gasteiger partial charge is 0.350 e. The molecule has 1 aliphatic rings. The van der Waals surface area contributed by atoms with Gasteiger partial charge in [-0.2, -0.15) is 0 Å². The number of rotatable bonds is 6. The third-order valence-corrected chi connectivity index (χ3v) is 5.06. The lowest BCUT2D eigenvalue weighted by atomic mass is 10.0. The Balaban J connectivity index is 1.70. The van der Waals surface area contributed by atoms with Gasteiger partial charge in [0.1, 0.15) is 17.3 Å². The molecular formula is C25H19F2N3O3. The highest BCUT2D eigenvalue weighted by molar-refractivity contribution is 6.36. The zero-order valence-electron chi connectivity index (χ0n) is 17.6. The van der Waals surface area contributed by atoms with Gasteiger partial charge in [-0.1, -0.05) is 30.3 Å². The lowest BCUT2D eigenvalue weighted by Crippen LogP contribution is -2.32. The summed E-state index contributed by atoms with van der Waals surface area (Å²) in [7, 11) is 0. The molecule has 4 rings (SSSR count). The van der Waals surface area contributed by atoms with E-state index < -0.39 is 23.4 Å². The fraction of sp³-hybridized carbons (Fsp3) is 0.0800. The summed E-state index contributed by atoms with van der Waals surface area (Å²) in [6, 6.07) is 17.6. The van der Waals surface area contributed by atoms with E-state index in [1.807, 2.05) is 0 Å². The van der Waals surface area contributed by atoms with Gasteiger partial charge in [0, 0.05) is 23.9 Å². The third-order valence-electron chi connectivity index (χ3n) is 5.06. The molecule has 0 unspecified atom stereocenters. The van der Waals surface area contributed by atoms with Crippen molar-refractivity contribution < 1.29 is 23.2 Å². The molecule has 0 saturated carbocycles. The molecule has 166 valence electrons. The van der Waals surface area contributed by atoms with E-state index >= 15 is 0 Å². The first-order valence-electron chi connectivity index (χ1n) is 10.1. The number of hydrogen-bond acceptors (Lipinski definition) is 4. The number of amides is 3. The van der Waals surface area contributed by atoms with Gasteiger partial charge in [0.15, 0.2) is 0 Å². The predicted molar refractivity (Wildman–Crippen MR) is 120 cm³/mol. The molecule has 1 heterocycles. The van der Waals surface area contributed by atoms with Gasteiger partial charge in [-0.3, -0.25) is 19.3 Å². The lowest BCUT2D eigenvalue weighted by Gasteiger charge is -2.16. The Hall–Kier alpha value is -4.33. The van der Waals surface area contributed by atoms with Gasteiger partial charge in [0.05, 0.1) is 12.1 Å². The summed E-state index contributed by atoms with van der Waals surface area (Å²) >= 11 is 0. The molecule has 2 N–H and O–H groups in total. The number of carbonyl (C=O) groups excluding carboxylic acids is 3. The van der Waals surface area contributed by atoms with Crippen molar-refractivity contribution in [1.82, 2.24) is 4.90 Å². The van der Waals surface area contributed by atoms with Crippen molar-refractivity contribution >= 4 is 34.7 Å². The minimum Gasteiger partial charge on any atom is -0.350 e. The molecular weight excluding hydrogens is 428 g/mol. The smallest absolute Gasteiger partial charge is 0.278 e. The van der Waals surface area contributed by atoms with Gasteiger partial charge in [0.2, 0.25) is 5.91 Å². The second-order valence-corrected chi connectivity index (χ2v) is 7.43.